The molecule has 1 fully saturated rings. The van der Waals surface area contributed by atoms with Gasteiger partial charge in [-0.2, -0.15) is 0 Å². The van der Waals surface area contributed by atoms with Crippen molar-refractivity contribution in [3.05, 3.63) is 34.1 Å². The van der Waals surface area contributed by atoms with Crippen LogP contribution in [-0.2, 0) is 6.54 Å². The van der Waals surface area contributed by atoms with Gasteiger partial charge in [0.25, 0.3) is 0 Å². The highest BCUT2D eigenvalue weighted by molar-refractivity contribution is 9.10. The van der Waals surface area contributed by atoms with E-state index in [4.69, 9.17) is 0 Å². The second-order valence-corrected chi connectivity index (χ2v) is 8.30. The molecular weight excluding hydrogens is 329 g/mol. The van der Waals surface area contributed by atoms with Crippen LogP contribution in [0, 0.1) is 17.2 Å². The molecule has 0 amide bonds. The first kappa shape index (κ1) is 17.0. The van der Waals surface area contributed by atoms with Crippen molar-refractivity contribution in [3.8, 4) is 0 Å². The molecule has 1 aromatic rings. The third kappa shape index (κ3) is 5.07. The van der Waals surface area contributed by atoms with Crippen LogP contribution >= 0.6 is 15.9 Å². The number of rotatable bonds is 3. The fourth-order valence-electron chi connectivity index (χ4n) is 3.30. The zero-order valence-corrected chi connectivity index (χ0v) is 15.0. The standard InChI is InChI=1S/C18H27BrFN/c1-18(2,3)14-5-4-6-16(9-7-14)21-12-13-11-15(19)8-10-17(13)20/h8,10-11,14,16,21H,4-7,9,12H2,1-3H3. The number of hydrogen-bond donors (Lipinski definition) is 1. The Morgan fingerprint density at radius 2 is 1.95 bits per heavy atom. The molecule has 21 heavy (non-hydrogen) atoms. The third-order valence-electron chi connectivity index (χ3n) is 4.78. The number of hydrogen-bond acceptors (Lipinski definition) is 1. The molecule has 1 aromatic carbocycles. The second-order valence-electron chi connectivity index (χ2n) is 7.38. The van der Waals surface area contributed by atoms with Gasteiger partial charge in [0.1, 0.15) is 5.82 Å². The minimum Gasteiger partial charge on any atom is -0.310 e. The van der Waals surface area contributed by atoms with Crippen LogP contribution in [0.15, 0.2) is 22.7 Å². The molecule has 2 atom stereocenters. The zero-order chi connectivity index (χ0) is 15.5. The van der Waals surface area contributed by atoms with Crippen LogP contribution in [0.1, 0.15) is 58.4 Å². The van der Waals surface area contributed by atoms with Crippen molar-refractivity contribution in [2.45, 2.75) is 65.5 Å². The van der Waals surface area contributed by atoms with E-state index in [1.807, 2.05) is 6.07 Å². The van der Waals surface area contributed by atoms with Crippen molar-refractivity contribution in [1.29, 1.82) is 0 Å². The van der Waals surface area contributed by atoms with E-state index in [9.17, 15) is 4.39 Å². The second kappa shape index (κ2) is 7.23. The van der Waals surface area contributed by atoms with Gasteiger partial charge in [0.2, 0.25) is 0 Å². The maximum Gasteiger partial charge on any atom is 0.127 e. The van der Waals surface area contributed by atoms with Gasteiger partial charge in [0.15, 0.2) is 0 Å². The summed E-state index contributed by atoms with van der Waals surface area (Å²) in [7, 11) is 0. The van der Waals surface area contributed by atoms with E-state index in [1.165, 1.54) is 38.2 Å². The van der Waals surface area contributed by atoms with Crippen LogP contribution in [-0.4, -0.2) is 6.04 Å². The minimum absolute atomic E-state index is 0.119. The molecule has 1 aliphatic carbocycles. The summed E-state index contributed by atoms with van der Waals surface area (Å²) in [5.74, 6) is 0.693. The first-order valence-electron chi connectivity index (χ1n) is 8.03. The molecule has 118 valence electrons. The molecule has 0 radical (unpaired) electrons. The van der Waals surface area contributed by atoms with Gasteiger partial charge in [-0.3, -0.25) is 0 Å². The maximum atomic E-state index is 13.8. The Balaban J connectivity index is 1.88. The summed E-state index contributed by atoms with van der Waals surface area (Å²) in [5, 5.41) is 3.56. The summed E-state index contributed by atoms with van der Waals surface area (Å²) in [5.41, 5.74) is 1.16. The Labute approximate surface area is 136 Å². The molecule has 1 saturated carbocycles. The van der Waals surface area contributed by atoms with Crippen molar-refractivity contribution in [2.24, 2.45) is 11.3 Å². The fraction of sp³-hybridized carbons (Fsp3) is 0.667. The molecule has 0 saturated heterocycles. The number of benzene rings is 1. The summed E-state index contributed by atoms with van der Waals surface area (Å²) in [4.78, 5) is 0. The van der Waals surface area contributed by atoms with Crippen LogP contribution in [0.2, 0.25) is 0 Å². The lowest BCUT2D eigenvalue weighted by Crippen LogP contribution is -2.28. The fourth-order valence-corrected chi connectivity index (χ4v) is 3.71. The molecule has 1 aliphatic rings. The normalized spacial score (nSPS) is 23.9. The highest BCUT2D eigenvalue weighted by Crippen LogP contribution is 2.36. The molecule has 0 aromatic heterocycles. The van der Waals surface area contributed by atoms with Crippen molar-refractivity contribution in [3.63, 3.8) is 0 Å². The average Bonchev–Trinajstić information content (AvgIpc) is 2.65. The summed E-state index contributed by atoms with van der Waals surface area (Å²) < 4.78 is 14.7. The van der Waals surface area contributed by atoms with Gasteiger partial charge in [-0.1, -0.05) is 43.1 Å². The van der Waals surface area contributed by atoms with Gasteiger partial charge < -0.3 is 5.32 Å². The van der Waals surface area contributed by atoms with Crippen molar-refractivity contribution >= 4 is 15.9 Å². The SMILES string of the molecule is CC(C)(C)C1CCCC(NCc2cc(Br)ccc2F)CC1. The van der Waals surface area contributed by atoms with E-state index in [0.29, 0.717) is 18.0 Å². The van der Waals surface area contributed by atoms with Gasteiger partial charge in [-0.25, -0.2) is 4.39 Å². The van der Waals surface area contributed by atoms with Gasteiger partial charge in [-0.15, -0.1) is 0 Å². The van der Waals surface area contributed by atoms with E-state index in [-0.39, 0.29) is 5.82 Å². The van der Waals surface area contributed by atoms with Gasteiger partial charge in [0, 0.05) is 22.6 Å². The lowest BCUT2D eigenvalue weighted by atomic mass is 9.76. The van der Waals surface area contributed by atoms with Crippen LogP contribution in [0.5, 0.6) is 0 Å². The Kier molecular flexibility index (Phi) is 5.84. The first-order chi connectivity index (χ1) is 9.86. The largest absolute Gasteiger partial charge is 0.310 e. The summed E-state index contributed by atoms with van der Waals surface area (Å²) in [6.07, 6.45) is 6.30. The Morgan fingerprint density at radius 1 is 1.19 bits per heavy atom. The van der Waals surface area contributed by atoms with Crippen molar-refractivity contribution in [2.75, 3.05) is 0 Å². The van der Waals surface area contributed by atoms with Crippen LogP contribution in [0.3, 0.4) is 0 Å². The molecule has 2 unspecified atom stereocenters. The Hall–Kier alpha value is -0.410. The molecule has 2 rings (SSSR count). The molecular formula is C18H27BrFN. The van der Waals surface area contributed by atoms with E-state index in [1.54, 1.807) is 6.07 Å². The monoisotopic (exact) mass is 355 g/mol. The smallest absolute Gasteiger partial charge is 0.127 e. The molecule has 0 heterocycles. The lowest BCUT2D eigenvalue weighted by molar-refractivity contribution is 0.213. The molecule has 1 nitrogen and oxygen atoms in total. The van der Waals surface area contributed by atoms with Gasteiger partial charge >= 0.3 is 0 Å². The van der Waals surface area contributed by atoms with Gasteiger partial charge in [-0.05, 0) is 55.2 Å². The molecule has 1 N–H and O–H groups in total. The molecule has 3 heteroatoms. The number of halogens is 2. The van der Waals surface area contributed by atoms with E-state index < -0.39 is 0 Å². The lowest BCUT2D eigenvalue weighted by Gasteiger charge is -2.29. The minimum atomic E-state index is -0.119. The topological polar surface area (TPSA) is 12.0 Å². The summed E-state index contributed by atoms with van der Waals surface area (Å²) in [6, 6.07) is 5.68. The maximum absolute atomic E-state index is 13.8. The predicted octanol–water partition coefficient (Wildman–Crippen LogP) is 5.67. The first-order valence-corrected chi connectivity index (χ1v) is 8.83. The van der Waals surface area contributed by atoms with Crippen molar-refractivity contribution in [1.82, 2.24) is 5.32 Å². The highest BCUT2D eigenvalue weighted by atomic mass is 79.9. The third-order valence-corrected chi connectivity index (χ3v) is 5.28. The van der Waals surface area contributed by atoms with E-state index >= 15 is 0 Å². The summed E-state index contributed by atoms with van der Waals surface area (Å²) >= 11 is 3.41. The average molecular weight is 356 g/mol. The highest BCUT2D eigenvalue weighted by Gasteiger charge is 2.27. The van der Waals surface area contributed by atoms with E-state index in [2.05, 4.69) is 42.0 Å². The molecule has 0 spiro atoms. The van der Waals surface area contributed by atoms with Crippen molar-refractivity contribution < 1.29 is 4.39 Å². The zero-order valence-electron chi connectivity index (χ0n) is 13.4. The molecule has 0 aliphatic heterocycles. The van der Waals surface area contributed by atoms with E-state index in [0.717, 1.165) is 16.0 Å². The predicted molar refractivity (Wildman–Crippen MR) is 90.8 cm³/mol. The van der Waals surface area contributed by atoms with Crippen LogP contribution in [0.25, 0.3) is 0 Å². The van der Waals surface area contributed by atoms with Crippen LogP contribution < -0.4 is 5.32 Å². The Bertz CT molecular complexity index is 467. The quantitative estimate of drug-likeness (QED) is 0.688. The summed E-state index contributed by atoms with van der Waals surface area (Å²) in [6.45, 7) is 7.67. The Morgan fingerprint density at radius 3 is 2.67 bits per heavy atom. The van der Waals surface area contributed by atoms with Crippen LogP contribution in [0.4, 0.5) is 4.39 Å². The van der Waals surface area contributed by atoms with Gasteiger partial charge in [0.05, 0.1) is 0 Å². The number of nitrogens with one attached hydrogen (secondary N) is 1. The molecule has 0 bridgehead atoms.